The van der Waals surface area contributed by atoms with E-state index in [1.807, 2.05) is 12.1 Å². The van der Waals surface area contributed by atoms with Gasteiger partial charge in [-0.05, 0) is 70.2 Å². The van der Waals surface area contributed by atoms with E-state index in [2.05, 4.69) is 152 Å². The molecule has 0 bridgehead atoms. The van der Waals surface area contributed by atoms with Crippen molar-refractivity contribution in [1.29, 1.82) is 0 Å². The third kappa shape index (κ3) is 4.75. The summed E-state index contributed by atoms with van der Waals surface area (Å²) in [5.74, 6) is 1.63. The summed E-state index contributed by atoms with van der Waals surface area (Å²) in [6.07, 6.45) is 16.1. The number of rotatable bonds is 6. The first-order valence-corrected chi connectivity index (χ1v) is 16.8. The Morgan fingerprint density at radius 3 is 2.25 bits per heavy atom. The maximum atomic E-state index is 10.9. The average molecular weight is 622 g/mol. The maximum Gasteiger partial charge on any atom is 0.255 e. The molecule has 6 aromatic rings. The maximum absolute atomic E-state index is 10.9. The van der Waals surface area contributed by atoms with Gasteiger partial charge in [-0.15, -0.1) is 0 Å². The van der Waals surface area contributed by atoms with Crippen molar-refractivity contribution in [2.75, 3.05) is 0 Å². The van der Waals surface area contributed by atoms with Gasteiger partial charge < -0.3 is 14.4 Å². The molecule has 0 amide bonds. The SMILES string of the molecule is CC\C=C/C=C(CC)/C1=C/C=C\C(=C\O)B2c3cccc(-c4ccccc4)c3Oc3ccc(-n4c5ccccc5c5ccccc54)c1c32. The molecule has 3 nitrogen and oxygen atoms in total. The molecule has 1 N–H and O–H groups in total. The van der Waals surface area contributed by atoms with E-state index in [0.717, 1.165) is 79.7 Å². The Labute approximate surface area is 282 Å². The van der Waals surface area contributed by atoms with Gasteiger partial charge in [-0.1, -0.05) is 135 Å². The van der Waals surface area contributed by atoms with Crippen molar-refractivity contribution >= 4 is 45.0 Å². The van der Waals surface area contributed by atoms with Crippen molar-refractivity contribution in [2.24, 2.45) is 0 Å². The number of nitrogens with zero attached hydrogens (tertiary/aromatic N) is 1. The minimum Gasteiger partial charge on any atom is -0.516 e. The zero-order valence-electron chi connectivity index (χ0n) is 27.2. The van der Waals surface area contributed by atoms with E-state index in [1.165, 1.54) is 22.6 Å². The quantitative estimate of drug-likeness (QED) is 0.114. The lowest BCUT2D eigenvalue weighted by molar-refractivity contribution is 0.471. The summed E-state index contributed by atoms with van der Waals surface area (Å²) in [7, 11) is 0. The highest BCUT2D eigenvalue weighted by atomic mass is 16.5. The number of hydrogen-bond donors (Lipinski definition) is 1. The third-order valence-corrected chi connectivity index (χ3v) is 9.65. The van der Waals surface area contributed by atoms with Gasteiger partial charge in [-0.2, -0.15) is 0 Å². The van der Waals surface area contributed by atoms with Gasteiger partial charge in [0.25, 0.3) is 6.71 Å². The first-order chi connectivity index (χ1) is 23.7. The number of hydrogen-bond acceptors (Lipinski definition) is 2. The molecule has 1 aromatic heterocycles. The second-order valence-corrected chi connectivity index (χ2v) is 12.3. The average Bonchev–Trinajstić information content (AvgIpc) is 3.46. The Kier molecular flexibility index (Phi) is 7.70. The minimum atomic E-state index is -0.260. The van der Waals surface area contributed by atoms with Crippen LogP contribution >= 0.6 is 0 Å². The normalized spacial score (nSPS) is 16.7. The van der Waals surface area contributed by atoms with Crippen LogP contribution in [0.1, 0.15) is 32.3 Å². The monoisotopic (exact) mass is 621 g/mol. The van der Waals surface area contributed by atoms with Crippen molar-refractivity contribution in [2.45, 2.75) is 26.7 Å². The first kappa shape index (κ1) is 29.7. The van der Waals surface area contributed by atoms with Gasteiger partial charge in [-0.3, -0.25) is 0 Å². The van der Waals surface area contributed by atoms with Crippen molar-refractivity contribution < 1.29 is 9.84 Å². The number of allylic oxidation sites excluding steroid dienone is 9. The zero-order chi connectivity index (χ0) is 32.6. The molecule has 0 fully saturated rings. The van der Waals surface area contributed by atoms with E-state index < -0.39 is 0 Å². The molecule has 0 saturated carbocycles. The van der Waals surface area contributed by atoms with Crippen molar-refractivity contribution in [3.63, 3.8) is 0 Å². The molecule has 3 heterocycles. The second-order valence-electron chi connectivity index (χ2n) is 12.3. The van der Waals surface area contributed by atoms with Crippen LogP contribution in [0, 0.1) is 0 Å². The number of para-hydroxylation sites is 3. The number of ether oxygens (including phenoxy) is 1. The Hall–Kier alpha value is -5.74. The summed E-state index contributed by atoms with van der Waals surface area (Å²) in [4.78, 5) is 0. The Morgan fingerprint density at radius 2 is 1.54 bits per heavy atom. The van der Waals surface area contributed by atoms with E-state index in [4.69, 9.17) is 4.74 Å². The number of aliphatic hydroxyl groups is 1. The third-order valence-electron chi connectivity index (χ3n) is 9.65. The van der Waals surface area contributed by atoms with Crippen molar-refractivity contribution in [3.8, 4) is 28.3 Å². The first-order valence-electron chi connectivity index (χ1n) is 16.8. The van der Waals surface area contributed by atoms with Crippen molar-refractivity contribution in [1.82, 2.24) is 4.57 Å². The van der Waals surface area contributed by atoms with Crippen LogP contribution in [-0.4, -0.2) is 16.4 Å². The molecular weight excluding hydrogens is 585 g/mol. The Morgan fingerprint density at radius 1 is 0.812 bits per heavy atom. The van der Waals surface area contributed by atoms with Crippen molar-refractivity contribution in [3.05, 3.63) is 169 Å². The zero-order valence-corrected chi connectivity index (χ0v) is 27.2. The lowest BCUT2D eigenvalue weighted by Gasteiger charge is -2.33. The number of aromatic nitrogens is 1. The molecule has 0 unspecified atom stereocenters. The van der Waals surface area contributed by atoms with E-state index in [1.54, 1.807) is 0 Å². The molecule has 0 saturated heterocycles. The molecule has 5 aromatic carbocycles. The number of benzene rings is 5. The largest absolute Gasteiger partial charge is 0.516 e. The summed E-state index contributed by atoms with van der Waals surface area (Å²) in [6, 6.07) is 38.4. The van der Waals surface area contributed by atoms with Crippen LogP contribution in [0.5, 0.6) is 11.5 Å². The van der Waals surface area contributed by atoms with Crippen LogP contribution < -0.4 is 15.7 Å². The van der Waals surface area contributed by atoms with E-state index >= 15 is 0 Å². The van der Waals surface area contributed by atoms with Gasteiger partial charge in [0.2, 0.25) is 0 Å². The highest BCUT2D eigenvalue weighted by Gasteiger charge is 2.39. The smallest absolute Gasteiger partial charge is 0.255 e. The fourth-order valence-corrected chi connectivity index (χ4v) is 7.51. The number of aliphatic hydroxyl groups excluding tert-OH is 1. The standard InChI is InChI=1S/C44H36BNO2/c1-3-5-7-16-30(4-2)33-22-14-19-32(29-47)45-37-24-15-23-34(31-17-8-6-9-18-31)44(37)48-41-28-27-40(42(33)43(41)45)46-38-25-12-10-20-35(38)36-21-11-13-26-39(36)46/h5-29,47H,3-4H2,1-2H3/b7-5-,19-14-,30-16+,32-29-,33-22-. The summed E-state index contributed by atoms with van der Waals surface area (Å²) in [5, 5.41) is 13.3. The van der Waals surface area contributed by atoms with Crippen LogP contribution in [-0.2, 0) is 0 Å². The lowest BCUT2D eigenvalue weighted by Crippen LogP contribution is -2.50. The number of fused-ring (bicyclic) bond motifs is 5. The minimum absolute atomic E-state index is 0.260. The summed E-state index contributed by atoms with van der Waals surface area (Å²) < 4.78 is 9.41. The fraction of sp³-hybridized carbons (Fsp3) is 0.0909. The van der Waals surface area contributed by atoms with Gasteiger partial charge in [0.1, 0.15) is 11.5 Å². The van der Waals surface area contributed by atoms with Crippen LogP contribution in [0.4, 0.5) is 0 Å². The molecule has 0 radical (unpaired) electrons. The lowest BCUT2D eigenvalue weighted by atomic mass is 9.34. The second kappa shape index (κ2) is 12.5. The summed E-state index contributed by atoms with van der Waals surface area (Å²) in [6.45, 7) is 4.12. The highest BCUT2D eigenvalue weighted by Crippen LogP contribution is 2.42. The molecule has 232 valence electrons. The molecule has 0 atom stereocenters. The van der Waals surface area contributed by atoms with Gasteiger partial charge >= 0.3 is 0 Å². The van der Waals surface area contributed by atoms with Gasteiger partial charge in [0.05, 0.1) is 23.0 Å². The van der Waals surface area contributed by atoms with Gasteiger partial charge in [0.15, 0.2) is 0 Å². The molecule has 0 spiro atoms. The molecule has 2 aliphatic rings. The Bertz CT molecular complexity index is 2300. The van der Waals surface area contributed by atoms with Crippen LogP contribution in [0.15, 0.2) is 163 Å². The van der Waals surface area contributed by atoms with E-state index in [9.17, 15) is 5.11 Å². The molecule has 48 heavy (non-hydrogen) atoms. The topological polar surface area (TPSA) is 34.4 Å². The fourth-order valence-electron chi connectivity index (χ4n) is 7.51. The summed E-state index contributed by atoms with van der Waals surface area (Å²) in [5.41, 5.74) is 11.9. The van der Waals surface area contributed by atoms with Crippen LogP contribution in [0.2, 0.25) is 0 Å². The molecule has 2 aliphatic heterocycles. The molecular formula is C44H36BNO2. The predicted octanol–water partition coefficient (Wildman–Crippen LogP) is 10.4. The van der Waals surface area contributed by atoms with Gasteiger partial charge in [0, 0.05) is 21.9 Å². The highest BCUT2D eigenvalue weighted by molar-refractivity contribution is 6.93. The summed E-state index contributed by atoms with van der Waals surface area (Å²) >= 11 is 0. The molecule has 0 aliphatic carbocycles. The van der Waals surface area contributed by atoms with E-state index in [-0.39, 0.29) is 6.71 Å². The van der Waals surface area contributed by atoms with E-state index in [0.29, 0.717) is 0 Å². The predicted molar refractivity (Wildman–Crippen MR) is 203 cm³/mol. The van der Waals surface area contributed by atoms with Crippen LogP contribution in [0.3, 0.4) is 0 Å². The van der Waals surface area contributed by atoms with Crippen LogP contribution in [0.25, 0.3) is 44.2 Å². The van der Waals surface area contributed by atoms with Gasteiger partial charge in [-0.25, -0.2) is 0 Å². The molecule has 4 heteroatoms. The Balaban J connectivity index is 1.50. The molecule has 8 rings (SSSR count).